The molecule has 0 aliphatic rings. The topological polar surface area (TPSA) is 37.8 Å². The van der Waals surface area contributed by atoms with Crippen molar-refractivity contribution in [1.29, 1.82) is 0 Å². The summed E-state index contributed by atoms with van der Waals surface area (Å²) in [5.74, 6) is 0.273. The molecule has 0 saturated heterocycles. The number of nitrogens with one attached hydrogen (secondary N) is 1. The number of nitrogens with zero attached hydrogens (tertiary/aromatic N) is 2. The molecule has 0 atom stereocenters. The largest absolute Gasteiger partial charge is 0.368 e. The highest BCUT2D eigenvalue weighted by Gasteiger charge is 2.12. The molecule has 2 aromatic rings. The maximum atomic E-state index is 13.8. The summed E-state index contributed by atoms with van der Waals surface area (Å²) in [6, 6.07) is 7.18. The van der Waals surface area contributed by atoms with E-state index in [-0.39, 0.29) is 5.82 Å². The Morgan fingerprint density at radius 1 is 1.33 bits per heavy atom. The third-order valence-corrected chi connectivity index (χ3v) is 2.68. The zero-order valence-corrected chi connectivity index (χ0v) is 10.9. The summed E-state index contributed by atoms with van der Waals surface area (Å²) in [6.45, 7) is 4.10. The second-order valence-corrected chi connectivity index (χ2v) is 4.27. The van der Waals surface area contributed by atoms with E-state index in [9.17, 15) is 4.39 Å². The van der Waals surface area contributed by atoms with Gasteiger partial charge in [0.25, 0.3) is 0 Å². The lowest BCUT2D eigenvalue weighted by atomic mass is 10.2. The van der Waals surface area contributed by atoms with E-state index in [0.29, 0.717) is 23.1 Å². The smallest absolute Gasteiger partial charge is 0.186 e. The number of halogens is 2. The predicted octanol–water partition coefficient (Wildman–Crippen LogP) is 3.68. The van der Waals surface area contributed by atoms with E-state index in [1.54, 1.807) is 19.1 Å². The number of aromatic nitrogens is 2. The van der Waals surface area contributed by atoms with E-state index in [0.717, 1.165) is 5.56 Å². The maximum Gasteiger partial charge on any atom is 0.186 e. The Morgan fingerprint density at radius 3 is 2.78 bits per heavy atom. The van der Waals surface area contributed by atoms with Crippen LogP contribution in [0.25, 0.3) is 11.4 Å². The zero-order chi connectivity index (χ0) is 13.1. The van der Waals surface area contributed by atoms with Gasteiger partial charge >= 0.3 is 0 Å². The first-order chi connectivity index (χ1) is 8.61. The molecule has 0 unspecified atom stereocenters. The van der Waals surface area contributed by atoms with Gasteiger partial charge in [-0.25, -0.2) is 14.4 Å². The Labute approximate surface area is 110 Å². The average molecular weight is 266 g/mol. The molecule has 0 bridgehead atoms. The van der Waals surface area contributed by atoms with Crippen LogP contribution in [0, 0.1) is 12.7 Å². The van der Waals surface area contributed by atoms with E-state index < -0.39 is 5.82 Å². The van der Waals surface area contributed by atoms with Crippen molar-refractivity contribution >= 4 is 17.4 Å². The van der Waals surface area contributed by atoms with Gasteiger partial charge in [0.1, 0.15) is 0 Å². The molecule has 0 aliphatic heterocycles. The zero-order valence-electron chi connectivity index (χ0n) is 10.2. The van der Waals surface area contributed by atoms with Gasteiger partial charge in [-0.15, -0.1) is 0 Å². The molecule has 0 radical (unpaired) electrons. The molecular weight excluding hydrogens is 253 g/mol. The first kappa shape index (κ1) is 12.8. The third kappa shape index (κ3) is 2.59. The molecule has 0 amide bonds. The van der Waals surface area contributed by atoms with Crippen molar-refractivity contribution in [3.8, 4) is 11.4 Å². The monoisotopic (exact) mass is 265 g/mol. The fourth-order valence-electron chi connectivity index (χ4n) is 1.60. The van der Waals surface area contributed by atoms with E-state index in [1.165, 1.54) is 0 Å². The summed E-state index contributed by atoms with van der Waals surface area (Å²) in [5.41, 5.74) is 1.08. The van der Waals surface area contributed by atoms with Crippen LogP contribution in [-0.4, -0.2) is 16.5 Å². The maximum absolute atomic E-state index is 13.8. The molecule has 1 aromatic heterocycles. The molecule has 94 valence electrons. The molecule has 0 saturated carbocycles. The minimum absolute atomic E-state index is 0.222. The second-order valence-electron chi connectivity index (χ2n) is 3.84. The molecule has 1 heterocycles. The summed E-state index contributed by atoms with van der Waals surface area (Å²) in [7, 11) is 0. The van der Waals surface area contributed by atoms with Crippen LogP contribution in [0.1, 0.15) is 12.6 Å². The SMILES string of the molecule is CCNc1nc(-c2cccc(Cl)c2)nc(C)c1F. The Morgan fingerprint density at radius 2 is 2.11 bits per heavy atom. The highest BCUT2D eigenvalue weighted by Crippen LogP contribution is 2.23. The van der Waals surface area contributed by atoms with Gasteiger partial charge in [-0.05, 0) is 26.0 Å². The van der Waals surface area contributed by atoms with E-state index in [4.69, 9.17) is 11.6 Å². The molecule has 0 spiro atoms. The lowest BCUT2D eigenvalue weighted by molar-refractivity contribution is 0.606. The van der Waals surface area contributed by atoms with Crippen LogP contribution in [-0.2, 0) is 0 Å². The van der Waals surface area contributed by atoms with Crippen molar-refractivity contribution < 1.29 is 4.39 Å². The Balaban J connectivity index is 2.51. The molecule has 1 N–H and O–H groups in total. The van der Waals surface area contributed by atoms with E-state index in [2.05, 4.69) is 15.3 Å². The Hall–Kier alpha value is -1.68. The number of rotatable bonds is 3. The Kier molecular flexibility index (Phi) is 3.77. The summed E-state index contributed by atoms with van der Waals surface area (Å²) < 4.78 is 13.8. The van der Waals surface area contributed by atoms with Crippen LogP contribution >= 0.6 is 11.6 Å². The minimum Gasteiger partial charge on any atom is -0.368 e. The summed E-state index contributed by atoms with van der Waals surface area (Å²) >= 11 is 5.92. The molecule has 18 heavy (non-hydrogen) atoms. The molecule has 2 rings (SSSR count). The van der Waals surface area contributed by atoms with Gasteiger partial charge < -0.3 is 5.32 Å². The van der Waals surface area contributed by atoms with Gasteiger partial charge in [0, 0.05) is 17.1 Å². The normalized spacial score (nSPS) is 10.4. The van der Waals surface area contributed by atoms with Gasteiger partial charge in [0.15, 0.2) is 17.5 Å². The van der Waals surface area contributed by atoms with Crippen molar-refractivity contribution in [2.24, 2.45) is 0 Å². The average Bonchev–Trinajstić information content (AvgIpc) is 2.35. The fraction of sp³-hybridized carbons (Fsp3) is 0.231. The van der Waals surface area contributed by atoms with Gasteiger partial charge in [0.05, 0.1) is 5.69 Å². The summed E-state index contributed by atoms with van der Waals surface area (Å²) in [6.07, 6.45) is 0. The first-order valence-corrected chi connectivity index (χ1v) is 6.03. The van der Waals surface area contributed by atoms with Crippen LogP contribution in [0.5, 0.6) is 0 Å². The standard InChI is InChI=1S/C13H13ClFN3/c1-3-16-13-11(15)8(2)17-12(18-13)9-5-4-6-10(14)7-9/h4-7H,3H2,1-2H3,(H,16,17,18). The van der Waals surface area contributed by atoms with Crippen molar-refractivity contribution in [2.45, 2.75) is 13.8 Å². The first-order valence-electron chi connectivity index (χ1n) is 5.65. The van der Waals surface area contributed by atoms with Gasteiger partial charge in [-0.1, -0.05) is 23.7 Å². The molecule has 5 heteroatoms. The number of hydrogen-bond acceptors (Lipinski definition) is 3. The number of anilines is 1. The van der Waals surface area contributed by atoms with Crippen LogP contribution in [0.4, 0.5) is 10.2 Å². The third-order valence-electron chi connectivity index (χ3n) is 2.44. The van der Waals surface area contributed by atoms with Crippen LogP contribution < -0.4 is 5.32 Å². The molecule has 3 nitrogen and oxygen atoms in total. The van der Waals surface area contributed by atoms with Crippen molar-refractivity contribution in [1.82, 2.24) is 9.97 Å². The van der Waals surface area contributed by atoms with Gasteiger partial charge in [-0.3, -0.25) is 0 Å². The lowest BCUT2D eigenvalue weighted by Gasteiger charge is -2.09. The molecular formula is C13H13ClFN3. The molecule has 1 aromatic carbocycles. The molecule has 0 fully saturated rings. The summed E-state index contributed by atoms with van der Waals surface area (Å²) in [4.78, 5) is 8.32. The van der Waals surface area contributed by atoms with Crippen LogP contribution in [0.15, 0.2) is 24.3 Å². The quantitative estimate of drug-likeness (QED) is 0.920. The van der Waals surface area contributed by atoms with Gasteiger partial charge in [0.2, 0.25) is 0 Å². The van der Waals surface area contributed by atoms with E-state index in [1.807, 2.05) is 19.1 Å². The van der Waals surface area contributed by atoms with Crippen molar-refractivity contribution in [3.05, 3.63) is 40.8 Å². The van der Waals surface area contributed by atoms with E-state index >= 15 is 0 Å². The number of benzene rings is 1. The highest BCUT2D eigenvalue weighted by molar-refractivity contribution is 6.30. The van der Waals surface area contributed by atoms with Crippen LogP contribution in [0.2, 0.25) is 5.02 Å². The van der Waals surface area contributed by atoms with Crippen molar-refractivity contribution in [3.63, 3.8) is 0 Å². The van der Waals surface area contributed by atoms with Crippen molar-refractivity contribution in [2.75, 3.05) is 11.9 Å². The summed E-state index contributed by atoms with van der Waals surface area (Å²) in [5, 5.41) is 3.48. The predicted molar refractivity (Wildman–Crippen MR) is 71.3 cm³/mol. The van der Waals surface area contributed by atoms with Crippen LogP contribution in [0.3, 0.4) is 0 Å². The highest BCUT2D eigenvalue weighted by atomic mass is 35.5. The number of aryl methyl sites for hydroxylation is 1. The Bertz CT molecular complexity index is 572. The fourth-order valence-corrected chi connectivity index (χ4v) is 1.79. The van der Waals surface area contributed by atoms with Gasteiger partial charge in [-0.2, -0.15) is 0 Å². The lowest BCUT2D eigenvalue weighted by Crippen LogP contribution is -2.06. The minimum atomic E-state index is -0.414. The second kappa shape index (κ2) is 5.31. The number of hydrogen-bond donors (Lipinski definition) is 1. The molecule has 0 aliphatic carbocycles.